The molecule has 0 aliphatic heterocycles. The topological polar surface area (TPSA) is 37.3 Å². The number of aryl methyl sites for hydroxylation is 1. The van der Waals surface area contributed by atoms with Gasteiger partial charge in [-0.05, 0) is 24.0 Å². The second-order valence-electron chi connectivity index (χ2n) is 5.02. The smallest absolute Gasteiger partial charge is 0.169 e. The molecule has 0 amide bonds. The standard InChI is InChI=1S/C17H16O2/c18-16(13-7-2-1-3-8-13)15-11-10-12-6-4-5-9-14(12)17(15)19/h1-9,15-16,18H,10-11H2/t15-,16-/m1/s1. The Kier molecular flexibility index (Phi) is 3.18. The number of aliphatic hydroxyl groups is 1. The lowest BCUT2D eigenvalue weighted by Crippen LogP contribution is -2.28. The monoisotopic (exact) mass is 252 g/mol. The molecule has 0 spiro atoms. The molecule has 0 fully saturated rings. The molecule has 0 bridgehead atoms. The van der Waals surface area contributed by atoms with E-state index in [0.717, 1.165) is 23.1 Å². The summed E-state index contributed by atoms with van der Waals surface area (Å²) in [6.07, 6.45) is 0.865. The van der Waals surface area contributed by atoms with Crippen molar-refractivity contribution in [2.24, 2.45) is 5.92 Å². The minimum atomic E-state index is -0.706. The third kappa shape index (κ3) is 2.20. The Morgan fingerprint density at radius 2 is 1.68 bits per heavy atom. The number of hydrogen-bond acceptors (Lipinski definition) is 2. The van der Waals surface area contributed by atoms with Gasteiger partial charge in [-0.3, -0.25) is 4.79 Å². The number of Topliss-reactive ketones (excluding diaryl/α,β-unsaturated/α-hetero) is 1. The Bertz CT molecular complexity index is 589. The molecule has 1 N–H and O–H groups in total. The molecule has 0 saturated carbocycles. The Hall–Kier alpha value is -1.93. The van der Waals surface area contributed by atoms with E-state index in [1.165, 1.54) is 0 Å². The predicted octanol–water partition coefficient (Wildman–Crippen LogP) is 3.17. The van der Waals surface area contributed by atoms with Gasteiger partial charge < -0.3 is 5.11 Å². The summed E-state index contributed by atoms with van der Waals surface area (Å²) in [5.74, 6) is -0.254. The lowest BCUT2D eigenvalue weighted by atomic mass is 9.78. The van der Waals surface area contributed by atoms with E-state index in [0.29, 0.717) is 6.42 Å². The number of fused-ring (bicyclic) bond motifs is 1. The minimum absolute atomic E-state index is 0.0678. The first-order valence-electron chi connectivity index (χ1n) is 6.62. The molecule has 3 rings (SSSR count). The first-order chi connectivity index (χ1) is 9.27. The normalized spacial score (nSPS) is 19.8. The Labute approximate surface area is 112 Å². The number of benzene rings is 2. The molecule has 1 aliphatic rings. The largest absolute Gasteiger partial charge is 0.388 e. The summed E-state index contributed by atoms with van der Waals surface area (Å²) in [5, 5.41) is 10.4. The van der Waals surface area contributed by atoms with Crippen LogP contribution in [-0.4, -0.2) is 10.9 Å². The highest BCUT2D eigenvalue weighted by molar-refractivity contribution is 6.00. The van der Waals surface area contributed by atoms with Gasteiger partial charge in [-0.2, -0.15) is 0 Å². The Balaban J connectivity index is 1.90. The van der Waals surface area contributed by atoms with Gasteiger partial charge in [0.05, 0.1) is 12.0 Å². The Morgan fingerprint density at radius 3 is 2.47 bits per heavy atom. The van der Waals surface area contributed by atoms with Gasteiger partial charge in [-0.25, -0.2) is 0 Å². The molecule has 1 aliphatic carbocycles. The summed E-state index contributed by atoms with van der Waals surface area (Å²) < 4.78 is 0. The van der Waals surface area contributed by atoms with E-state index in [1.807, 2.05) is 54.6 Å². The summed E-state index contributed by atoms with van der Waals surface area (Å²) >= 11 is 0. The van der Waals surface area contributed by atoms with Crippen LogP contribution in [0.3, 0.4) is 0 Å². The molecule has 96 valence electrons. The average Bonchev–Trinajstić information content (AvgIpc) is 2.48. The van der Waals surface area contributed by atoms with Crippen LogP contribution in [0.2, 0.25) is 0 Å². The van der Waals surface area contributed by atoms with Gasteiger partial charge in [-0.15, -0.1) is 0 Å². The molecule has 2 heteroatoms. The van der Waals surface area contributed by atoms with Gasteiger partial charge in [0, 0.05) is 5.56 Å². The fourth-order valence-electron chi connectivity index (χ4n) is 2.80. The summed E-state index contributed by atoms with van der Waals surface area (Å²) in [6.45, 7) is 0. The molecule has 2 nitrogen and oxygen atoms in total. The first kappa shape index (κ1) is 12.1. The van der Waals surface area contributed by atoms with Crippen LogP contribution in [-0.2, 0) is 6.42 Å². The SMILES string of the molecule is O=C1c2ccccc2CC[C@@H]1[C@H](O)c1ccccc1. The van der Waals surface area contributed by atoms with Crippen molar-refractivity contribution in [1.82, 2.24) is 0 Å². The van der Waals surface area contributed by atoms with Crippen molar-refractivity contribution in [3.8, 4) is 0 Å². The van der Waals surface area contributed by atoms with Gasteiger partial charge >= 0.3 is 0 Å². The summed E-state index contributed by atoms with van der Waals surface area (Å²) in [6, 6.07) is 17.1. The van der Waals surface area contributed by atoms with Crippen LogP contribution in [0.4, 0.5) is 0 Å². The van der Waals surface area contributed by atoms with Crippen molar-refractivity contribution >= 4 is 5.78 Å². The van der Waals surface area contributed by atoms with Crippen molar-refractivity contribution in [3.05, 3.63) is 71.3 Å². The summed E-state index contributed by atoms with van der Waals surface area (Å²) in [4.78, 5) is 12.5. The number of ketones is 1. The van der Waals surface area contributed by atoms with Crippen LogP contribution in [0, 0.1) is 5.92 Å². The first-order valence-corrected chi connectivity index (χ1v) is 6.62. The third-order valence-electron chi connectivity index (χ3n) is 3.87. The number of aliphatic hydroxyl groups excluding tert-OH is 1. The molecule has 0 unspecified atom stereocenters. The average molecular weight is 252 g/mol. The number of carbonyl (C=O) groups excluding carboxylic acids is 1. The quantitative estimate of drug-likeness (QED) is 0.891. The fourth-order valence-corrected chi connectivity index (χ4v) is 2.80. The zero-order valence-corrected chi connectivity index (χ0v) is 10.6. The molecule has 0 heterocycles. The van der Waals surface area contributed by atoms with Crippen molar-refractivity contribution in [2.45, 2.75) is 18.9 Å². The fraction of sp³-hybridized carbons (Fsp3) is 0.235. The maximum absolute atomic E-state index is 12.5. The van der Waals surface area contributed by atoms with Crippen LogP contribution in [0.15, 0.2) is 54.6 Å². The van der Waals surface area contributed by atoms with Gasteiger partial charge in [-0.1, -0.05) is 54.6 Å². The zero-order chi connectivity index (χ0) is 13.2. The van der Waals surface area contributed by atoms with Crippen molar-refractivity contribution in [1.29, 1.82) is 0 Å². The minimum Gasteiger partial charge on any atom is -0.388 e. The van der Waals surface area contributed by atoms with Crippen LogP contribution in [0.5, 0.6) is 0 Å². The molecule has 2 aromatic rings. The van der Waals surface area contributed by atoms with Crippen molar-refractivity contribution in [2.75, 3.05) is 0 Å². The van der Waals surface area contributed by atoms with Crippen molar-refractivity contribution < 1.29 is 9.90 Å². The summed E-state index contributed by atoms with van der Waals surface area (Å²) in [5.41, 5.74) is 2.69. The highest BCUT2D eigenvalue weighted by Gasteiger charge is 2.32. The van der Waals surface area contributed by atoms with Crippen LogP contribution in [0.25, 0.3) is 0 Å². The van der Waals surface area contributed by atoms with Gasteiger partial charge in [0.15, 0.2) is 5.78 Å². The van der Waals surface area contributed by atoms with E-state index in [4.69, 9.17) is 0 Å². The van der Waals surface area contributed by atoms with E-state index >= 15 is 0 Å². The number of rotatable bonds is 2. The van der Waals surface area contributed by atoms with E-state index < -0.39 is 6.10 Å². The maximum Gasteiger partial charge on any atom is 0.169 e. The molecule has 0 aromatic heterocycles. The number of carbonyl (C=O) groups is 1. The van der Waals surface area contributed by atoms with Crippen LogP contribution < -0.4 is 0 Å². The highest BCUT2D eigenvalue weighted by atomic mass is 16.3. The van der Waals surface area contributed by atoms with E-state index in [-0.39, 0.29) is 11.7 Å². The van der Waals surface area contributed by atoms with E-state index in [2.05, 4.69) is 0 Å². The lowest BCUT2D eigenvalue weighted by molar-refractivity contribution is 0.0638. The molecular formula is C17H16O2. The van der Waals surface area contributed by atoms with Crippen molar-refractivity contribution in [3.63, 3.8) is 0 Å². The molecule has 0 saturated heterocycles. The maximum atomic E-state index is 12.5. The van der Waals surface area contributed by atoms with Gasteiger partial charge in [0.25, 0.3) is 0 Å². The third-order valence-corrected chi connectivity index (χ3v) is 3.87. The molecule has 19 heavy (non-hydrogen) atoms. The van der Waals surface area contributed by atoms with Gasteiger partial charge in [0.2, 0.25) is 0 Å². The van der Waals surface area contributed by atoms with Crippen LogP contribution in [0.1, 0.15) is 34.0 Å². The molecule has 2 aromatic carbocycles. The molecule has 0 radical (unpaired) electrons. The molecular weight excluding hydrogens is 236 g/mol. The van der Waals surface area contributed by atoms with Crippen LogP contribution >= 0.6 is 0 Å². The van der Waals surface area contributed by atoms with E-state index in [9.17, 15) is 9.90 Å². The molecule has 2 atom stereocenters. The number of hydrogen-bond donors (Lipinski definition) is 1. The highest BCUT2D eigenvalue weighted by Crippen LogP contribution is 2.33. The van der Waals surface area contributed by atoms with E-state index in [1.54, 1.807) is 0 Å². The zero-order valence-electron chi connectivity index (χ0n) is 10.6. The second-order valence-corrected chi connectivity index (χ2v) is 5.02. The predicted molar refractivity (Wildman–Crippen MR) is 74.0 cm³/mol. The van der Waals surface area contributed by atoms with Gasteiger partial charge in [0.1, 0.15) is 0 Å². The summed E-state index contributed by atoms with van der Waals surface area (Å²) in [7, 11) is 0. The second kappa shape index (κ2) is 4.98. The Morgan fingerprint density at radius 1 is 1.00 bits per heavy atom. The lowest BCUT2D eigenvalue weighted by Gasteiger charge is -2.27.